The molecule has 2 atom stereocenters. The highest BCUT2D eigenvalue weighted by Crippen LogP contribution is 2.32. The van der Waals surface area contributed by atoms with E-state index < -0.39 is 5.97 Å². The van der Waals surface area contributed by atoms with Crippen molar-refractivity contribution in [3.63, 3.8) is 0 Å². The number of hydroxylamine groups is 2. The van der Waals surface area contributed by atoms with E-state index in [-0.39, 0.29) is 24.6 Å². The van der Waals surface area contributed by atoms with Crippen molar-refractivity contribution < 1.29 is 18.8 Å². The van der Waals surface area contributed by atoms with Crippen molar-refractivity contribution in [2.24, 2.45) is 0 Å². The molecule has 1 saturated heterocycles. The molecule has 2 aromatic carbocycles. The SMILES string of the molecule is CN1OC(COC(=O)c2ccc(F)cc2)CC1c1ccccc1. The minimum atomic E-state index is -0.473. The molecule has 0 aromatic heterocycles. The van der Waals surface area contributed by atoms with Gasteiger partial charge in [0.25, 0.3) is 0 Å². The molecule has 5 heteroatoms. The van der Waals surface area contributed by atoms with Crippen molar-refractivity contribution in [1.29, 1.82) is 0 Å². The summed E-state index contributed by atoms with van der Waals surface area (Å²) in [6.07, 6.45) is 0.562. The first-order valence-electron chi connectivity index (χ1n) is 7.51. The molecule has 3 rings (SSSR count). The largest absolute Gasteiger partial charge is 0.459 e. The summed E-state index contributed by atoms with van der Waals surface area (Å²) < 4.78 is 18.1. The number of carbonyl (C=O) groups is 1. The van der Waals surface area contributed by atoms with Crippen LogP contribution in [-0.4, -0.2) is 30.8 Å². The van der Waals surface area contributed by atoms with Gasteiger partial charge in [0.05, 0.1) is 11.6 Å². The third-order valence-electron chi connectivity index (χ3n) is 3.90. The van der Waals surface area contributed by atoms with Crippen LogP contribution in [0.2, 0.25) is 0 Å². The van der Waals surface area contributed by atoms with Crippen LogP contribution in [0.25, 0.3) is 0 Å². The molecular weight excluding hydrogens is 297 g/mol. The molecule has 1 aliphatic heterocycles. The van der Waals surface area contributed by atoms with Crippen molar-refractivity contribution in [1.82, 2.24) is 5.06 Å². The van der Waals surface area contributed by atoms with Gasteiger partial charge in [0.2, 0.25) is 0 Å². The molecular formula is C18H18FNO3. The number of hydrogen-bond donors (Lipinski definition) is 0. The first-order chi connectivity index (χ1) is 11.1. The van der Waals surface area contributed by atoms with Crippen LogP contribution >= 0.6 is 0 Å². The number of halogens is 1. The predicted octanol–water partition coefficient (Wildman–Crippen LogP) is 3.36. The lowest BCUT2D eigenvalue weighted by molar-refractivity contribution is -0.153. The van der Waals surface area contributed by atoms with Gasteiger partial charge in [0, 0.05) is 13.5 Å². The Kier molecular flexibility index (Phi) is 4.69. The number of esters is 1. The second-order valence-corrected chi connectivity index (χ2v) is 5.54. The van der Waals surface area contributed by atoms with E-state index in [2.05, 4.69) is 12.1 Å². The maximum absolute atomic E-state index is 12.9. The zero-order valence-corrected chi connectivity index (χ0v) is 12.8. The fourth-order valence-electron chi connectivity index (χ4n) is 2.71. The molecule has 0 spiro atoms. The Labute approximate surface area is 134 Å². The molecule has 4 nitrogen and oxygen atoms in total. The van der Waals surface area contributed by atoms with Gasteiger partial charge in [-0.15, -0.1) is 0 Å². The fraction of sp³-hybridized carbons (Fsp3) is 0.278. The van der Waals surface area contributed by atoms with E-state index in [1.165, 1.54) is 29.8 Å². The summed E-state index contributed by atoms with van der Waals surface area (Å²) in [6, 6.07) is 15.5. The molecule has 0 aliphatic carbocycles. The maximum Gasteiger partial charge on any atom is 0.338 e. The zero-order valence-electron chi connectivity index (χ0n) is 12.8. The van der Waals surface area contributed by atoms with Gasteiger partial charge in [0.15, 0.2) is 0 Å². The lowest BCUT2D eigenvalue weighted by Gasteiger charge is -2.17. The van der Waals surface area contributed by atoms with Gasteiger partial charge in [-0.3, -0.25) is 4.84 Å². The first-order valence-corrected chi connectivity index (χ1v) is 7.51. The molecule has 2 aromatic rings. The van der Waals surface area contributed by atoms with Crippen molar-refractivity contribution >= 4 is 5.97 Å². The van der Waals surface area contributed by atoms with Crippen molar-refractivity contribution in [2.45, 2.75) is 18.6 Å². The van der Waals surface area contributed by atoms with Crippen LogP contribution in [0.1, 0.15) is 28.4 Å². The summed E-state index contributed by atoms with van der Waals surface area (Å²) in [7, 11) is 1.87. The minimum Gasteiger partial charge on any atom is -0.459 e. The lowest BCUT2D eigenvalue weighted by Crippen LogP contribution is -2.20. The summed E-state index contributed by atoms with van der Waals surface area (Å²) in [5.41, 5.74) is 1.50. The molecule has 0 bridgehead atoms. The van der Waals surface area contributed by atoms with Crippen LogP contribution in [0.15, 0.2) is 54.6 Å². The zero-order chi connectivity index (χ0) is 16.2. The van der Waals surface area contributed by atoms with E-state index in [1.807, 2.05) is 25.2 Å². The molecule has 0 saturated carbocycles. The molecule has 0 radical (unpaired) electrons. The van der Waals surface area contributed by atoms with Gasteiger partial charge >= 0.3 is 5.97 Å². The monoisotopic (exact) mass is 315 g/mol. The quantitative estimate of drug-likeness (QED) is 0.811. The van der Waals surface area contributed by atoms with E-state index in [4.69, 9.17) is 9.57 Å². The van der Waals surface area contributed by atoms with Crippen LogP contribution in [0, 0.1) is 5.82 Å². The number of carbonyl (C=O) groups excluding carboxylic acids is 1. The number of benzene rings is 2. The summed E-state index contributed by atoms with van der Waals surface area (Å²) >= 11 is 0. The molecule has 2 unspecified atom stereocenters. The highest BCUT2D eigenvalue weighted by Gasteiger charge is 2.32. The first kappa shape index (κ1) is 15.6. The molecule has 1 aliphatic rings. The van der Waals surface area contributed by atoms with Crippen LogP contribution in [0.5, 0.6) is 0 Å². The fourth-order valence-corrected chi connectivity index (χ4v) is 2.71. The van der Waals surface area contributed by atoms with Gasteiger partial charge in [-0.25, -0.2) is 9.18 Å². The summed E-state index contributed by atoms with van der Waals surface area (Å²) in [5, 5.41) is 1.80. The summed E-state index contributed by atoms with van der Waals surface area (Å²) in [4.78, 5) is 17.7. The van der Waals surface area contributed by atoms with E-state index in [0.29, 0.717) is 5.56 Å². The normalized spacial score (nSPS) is 21.3. The van der Waals surface area contributed by atoms with E-state index in [1.54, 1.807) is 5.06 Å². The van der Waals surface area contributed by atoms with Crippen molar-refractivity contribution in [2.75, 3.05) is 13.7 Å². The highest BCUT2D eigenvalue weighted by molar-refractivity contribution is 5.89. The Morgan fingerprint density at radius 2 is 1.91 bits per heavy atom. The average molecular weight is 315 g/mol. The molecule has 120 valence electrons. The Morgan fingerprint density at radius 3 is 2.61 bits per heavy atom. The van der Waals surface area contributed by atoms with Crippen LogP contribution in [-0.2, 0) is 9.57 Å². The standard InChI is InChI=1S/C18H18FNO3/c1-20-17(13-5-3-2-4-6-13)11-16(23-20)12-22-18(21)14-7-9-15(19)10-8-14/h2-10,16-17H,11-12H2,1H3. The lowest BCUT2D eigenvalue weighted by atomic mass is 10.0. The van der Waals surface area contributed by atoms with Gasteiger partial charge in [-0.1, -0.05) is 30.3 Å². The molecule has 0 amide bonds. The maximum atomic E-state index is 12.9. The smallest absolute Gasteiger partial charge is 0.338 e. The van der Waals surface area contributed by atoms with E-state index in [9.17, 15) is 9.18 Å². The van der Waals surface area contributed by atoms with Crippen molar-refractivity contribution in [3.8, 4) is 0 Å². The topological polar surface area (TPSA) is 38.8 Å². The highest BCUT2D eigenvalue weighted by atomic mass is 19.1. The van der Waals surface area contributed by atoms with Crippen LogP contribution in [0.3, 0.4) is 0 Å². The van der Waals surface area contributed by atoms with E-state index >= 15 is 0 Å². The van der Waals surface area contributed by atoms with Gasteiger partial charge in [-0.2, -0.15) is 5.06 Å². The second-order valence-electron chi connectivity index (χ2n) is 5.54. The van der Waals surface area contributed by atoms with Crippen LogP contribution < -0.4 is 0 Å². The molecule has 1 heterocycles. The average Bonchev–Trinajstić information content (AvgIpc) is 2.95. The van der Waals surface area contributed by atoms with Gasteiger partial charge in [0.1, 0.15) is 18.5 Å². The summed E-state index contributed by atoms with van der Waals surface area (Å²) in [5.74, 6) is -0.854. The van der Waals surface area contributed by atoms with Gasteiger partial charge in [-0.05, 0) is 29.8 Å². The second kappa shape index (κ2) is 6.89. The minimum absolute atomic E-state index is 0.144. The molecule has 23 heavy (non-hydrogen) atoms. The van der Waals surface area contributed by atoms with Crippen molar-refractivity contribution in [3.05, 3.63) is 71.5 Å². The third kappa shape index (κ3) is 3.75. The Bertz CT molecular complexity index is 660. The van der Waals surface area contributed by atoms with Crippen LogP contribution in [0.4, 0.5) is 4.39 Å². The number of nitrogens with zero attached hydrogens (tertiary/aromatic N) is 1. The molecule has 0 N–H and O–H groups in total. The summed E-state index contributed by atoms with van der Waals surface area (Å²) in [6.45, 7) is 0.171. The predicted molar refractivity (Wildman–Crippen MR) is 83.1 cm³/mol. The molecule has 1 fully saturated rings. The third-order valence-corrected chi connectivity index (χ3v) is 3.90. The van der Waals surface area contributed by atoms with E-state index in [0.717, 1.165) is 6.42 Å². The van der Waals surface area contributed by atoms with Gasteiger partial charge < -0.3 is 4.74 Å². The number of hydrogen-bond acceptors (Lipinski definition) is 4. The number of ether oxygens (including phenoxy) is 1. The number of rotatable bonds is 4. The Morgan fingerprint density at radius 1 is 1.22 bits per heavy atom. The Balaban J connectivity index is 1.55. The Hall–Kier alpha value is -2.24.